The Labute approximate surface area is 200 Å². The number of rotatable bonds is 7. The number of benzene rings is 2. The van der Waals surface area contributed by atoms with E-state index in [0.717, 1.165) is 69.2 Å². The van der Waals surface area contributed by atoms with Gasteiger partial charge in [0.05, 0.1) is 11.8 Å². The molecule has 1 aromatic heterocycles. The van der Waals surface area contributed by atoms with Gasteiger partial charge < -0.3 is 19.4 Å². The second-order valence-electron chi connectivity index (χ2n) is 9.04. The third kappa shape index (κ3) is 5.32. The van der Waals surface area contributed by atoms with Crippen molar-refractivity contribution in [3.05, 3.63) is 71.6 Å². The van der Waals surface area contributed by atoms with Crippen LogP contribution in [0.2, 0.25) is 0 Å². The molecular formula is C27H32N4O3. The van der Waals surface area contributed by atoms with Crippen LogP contribution in [-0.4, -0.2) is 61.2 Å². The summed E-state index contributed by atoms with van der Waals surface area (Å²) in [6.45, 7) is 8.09. The third-order valence-electron chi connectivity index (χ3n) is 6.67. The maximum Gasteiger partial charge on any atom is 0.251 e. The topological polar surface area (TPSA) is 70.8 Å². The number of hydrogen-bond acceptors (Lipinski definition) is 6. The van der Waals surface area contributed by atoms with Crippen LogP contribution in [0.4, 0.5) is 5.69 Å². The maximum absolute atomic E-state index is 12.4. The number of carbonyl (C=O) groups is 1. The van der Waals surface area contributed by atoms with E-state index in [0.29, 0.717) is 18.0 Å². The first-order chi connectivity index (χ1) is 16.7. The Morgan fingerprint density at radius 1 is 1.06 bits per heavy atom. The van der Waals surface area contributed by atoms with Gasteiger partial charge in [-0.1, -0.05) is 18.2 Å². The number of oxazole rings is 1. The number of ether oxygens (including phenoxy) is 1. The number of amides is 1. The number of aryl methyl sites for hydroxylation is 1. The van der Waals surface area contributed by atoms with Gasteiger partial charge in [0.2, 0.25) is 5.89 Å². The second kappa shape index (κ2) is 10.4. The molecule has 0 radical (unpaired) electrons. The van der Waals surface area contributed by atoms with Crippen molar-refractivity contribution in [3.63, 3.8) is 0 Å². The molecule has 34 heavy (non-hydrogen) atoms. The normalized spacial score (nSPS) is 18.9. The largest absolute Gasteiger partial charge is 0.441 e. The average molecular weight is 461 g/mol. The van der Waals surface area contributed by atoms with Crippen molar-refractivity contribution in [2.45, 2.75) is 32.4 Å². The van der Waals surface area contributed by atoms with Crippen LogP contribution in [0.25, 0.3) is 11.5 Å². The zero-order valence-corrected chi connectivity index (χ0v) is 19.7. The number of anilines is 1. The fourth-order valence-corrected chi connectivity index (χ4v) is 4.59. The molecule has 1 amide bonds. The van der Waals surface area contributed by atoms with Crippen LogP contribution in [0.3, 0.4) is 0 Å². The molecule has 2 aromatic carbocycles. The molecule has 178 valence electrons. The van der Waals surface area contributed by atoms with Crippen molar-refractivity contribution in [1.29, 1.82) is 0 Å². The molecule has 1 atom stereocenters. The highest BCUT2D eigenvalue weighted by molar-refractivity contribution is 5.94. The van der Waals surface area contributed by atoms with Gasteiger partial charge in [-0.15, -0.1) is 0 Å². The Balaban J connectivity index is 1.16. The van der Waals surface area contributed by atoms with Crippen LogP contribution in [-0.2, 0) is 11.3 Å². The minimum atomic E-state index is -0.0824. The zero-order valence-electron chi connectivity index (χ0n) is 19.7. The second-order valence-corrected chi connectivity index (χ2v) is 9.04. The number of piperazine rings is 1. The van der Waals surface area contributed by atoms with Crippen LogP contribution in [0, 0.1) is 6.92 Å². The van der Waals surface area contributed by atoms with Gasteiger partial charge in [-0.05, 0) is 56.2 Å². The molecule has 0 spiro atoms. The summed E-state index contributed by atoms with van der Waals surface area (Å²) in [5.74, 6) is 1.36. The maximum atomic E-state index is 12.4. The smallest absolute Gasteiger partial charge is 0.251 e. The lowest BCUT2D eigenvalue weighted by Gasteiger charge is -2.35. The Bertz CT molecular complexity index is 1080. The quantitative estimate of drug-likeness (QED) is 0.577. The zero-order chi connectivity index (χ0) is 23.3. The highest BCUT2D eigenvalue weighted by atomic mass is 16.5. The van der Waals surface area contributed by atoms with Gasteiger partial charge in [0, 0.05) is 62.7 Å². The Hall–Kier alpha value is -3.16. The number of hydrogen-bond donors (Lipinski definition) is 1. The number of para-hydroxylation sites is 1. The van der Waals surface area contributed by atoms with Crippen molar-refractivity contribution in [3.8, 4) is 11.5 Å². The van der Waals surface area contributed by atoms with E-state index in [4.69, 9.17) is 14.1 Å². The van der Waals surface area contributed by atoms with Crippen LogP contribution >= 0.6 is 0 Å². The number of carbonyl (C=O) groups excluding carboxylic acids is 1. The third-order valence-corrected chi connectivity index (χ3v) is 6.67. The summed E-state index contributed by atoms with van der Waals surface area (Å²) in [6.07, 6.45) is 2.21. The molecule has 5 rings (SSSR count). The summed E-state index contributed by atoms with van der Waals surface area (Å²) in [7, 11) is 0. The highest BCUT2D eigenvalue weighted by Crippen LogP contribution is 2.24. The lowest BCUT2D eigenvalue weighted by atomic mass is 10.1. The predicted octanol–water partition coefficient (Wildman–Crippen LogP) is 3.88. The SMILES string of the molecule is Cc1oc(-c2ccc(C(=O)NC[C@@H]3CCCO3)cc2)nc1CN1CCN(c2ccccc2)CC1. The number of aromatic nitrogens is 1. The highest BCUT2D eigenvalue weighted by Gasteiger charge is 2.21. The first-order valence-electron chi connectivity index (χ1n) is 12.1. The average Bonchev–Trinajstić information content (AvgIpc) is 3.54. The van der Waals surface area contributed by atoms with Crippen LogP contribution in [0.5, 0.6) is 0 Å². The van der Waals surface area contributed by atoms with Crippen molar-refractivity contribution in [2.24, 2.45) is 0 Å². The van der Waals surface area contributed by atoms with Crippen molar-refractivity contribution < 1.29 is 13.9 Å². The van der Waals surface area contributed by atoms with E-state index in [1.165, 1.54) is 5.69 Å². The Morgan fingerprint density at radius 2 is 1.82 bits per heavy atom. The minimum Gasteiger partial charge on any atom is -0.441 e. The van der Waals surface area contributed by atoms with Crippen molar-refractivity contribution in [2.75, 3.05) is 44.2 Å². The van der Waals surface area contributed by atoms with E-state index in [9.17, 15) is 4.79 Å². The molecule has 2 aliphatic rings. The fourth-order valence-electron chi connectivity index (χ4n) is 4.59. The van der Waals surface area contributed by atoms with Gasteiger partial charge >= 0.3 is 0 Å². The van der Waals surface area contributed by atoms with E-state index in [1.807, 2.05) is 31.2 Å². The predicted molar refractivity (Wildman–Crippen MR) is 132 cm³/mol. The lowest BCUT2D eigenvalue weighted by molar-refractivity contribution is 0.0858. The van der Waals surface area contributed by atoms with Crippen molar-refractivity contribution >= 4 is 11.6 Å². The van der Waals surface area contributed by atoms with E-state index >= 15 is 0 Å². The van der Waals surface area contributed by atoms with E-state index in [1.54, 1.807) is 0 Å². The van der Waals surface area contributed by atoms with E-state index < -0.39 is 0 Å². The lowest BCUT2D eigenvalue weighted by Crippen LogP contribution is -2.46. The molecule has 0 unspecified atom stereocenters. The molecule has 7 heteroatoms. The van der Waals surface area contributed by atoms with Gasteiger partial charge in [-0.25, -0.2) is 4.98 Å². The van der Waals surface area contributed by atoms with Gasteiger partial charge in [-0.2, -0.15) is 0 Å². The van der Waals surface area contributed by atoms with Gasteiger partial charge in [0.25, 0.3) is 5.91 Å². The van der Waals surface area contributed by atoms with Crippen molar-refractivity contribution in [1.82, 2.24) is 15.2 Å². The van der Waals surface area contributed by atoms with E-state index in [-0.39, 0.29) is 12.0 Å². The Morgan fingerprint density at radius 3 is 2.53 bits per heavy atom. The molecule has 2 fully saturated rings. The van der Waals surface area contributed by atoms with Gasteiger partial charge in [0.15, 0.2) is 0 Å². The van der Waals surface area contributed by atoms with Crippen LogP contribution < -0.4 is 10.2 Å². The summed E-state index contributed by atoms with van der Waals surface area (Å²) in [6, 6.07) is 18.0. The van der Waals surface area contributed by atoms with Crippen LogP contribution in [0.15, 0.2) is 59.0 Å². The fraction of sp³-hybridized carbons (Fsp3) is 0.407. The Kier molecular flexibility index (Phi) is 6.92. The summed E-state index contributed by atoms with van der Waals surface area (Å²) in [5, 5.41) is 2.96. The monoisotopic (exact) mass is 460 g/mol. The molecule has 2 aliphatic heterocycles. The van der Waals surface area contributed by atoms with Gasteiger partial charge in [-0.3, -0.25) is 9.69 Å². The standard InChI is InChI=1S/C27H32N4O3/c1-20-25(19-30-13-15-31(16-14-30)23-6-3-2-4-7-23)29-27(34-20)22-11-9-21(10-12-22)26(32)28-18-24-8-5-17-33-24/h2-4,6-7,9-12,24H,5,8,13-19H2,1H3,(H,28,32)/t24-/m0/s1. The first-order valence-corrected chi connectivity index (χ1v) is 12.1. The summed E-state index contributed by atoms with van der Waals surface area (Å²) >= 11 is 0. The van der Waals surface area contributed by atoms with Crippen LogP contribution in [0.1, 0.15) is 34.7 Å². The minimum absolute atomic E-state index is 0.0824. The molecule has 0 aliphatic carbocycles. The first kappa shape index (κ1) is 22.6. The number of nitrogens with one attached hydrogen (secondary N) is 1. The molecule has 3 heterocycles. The molecule has 2 saturated heterocycles. The molecular weight excluding hydrogens is 428 g/mol. The number of nitrogens with zero attached hydrogens (tertiary/aromatic N) is 3. The summed E-state index contributed by atoms with van der Waals surface area (Å²) < 4.78 is 11.6. The summed E-state index contributed by atoms with van der Waals surface area (Å²) in [5.41, 5.74) is 3.76. The molecule has 0 bridgehead atoms. The molecule has 0 saturated carbocycles. The molecule has 1 N–H and O–H groups in total. The molecule has 7 nitrogen and oxygen atoms in total. The van der Waals surface area contributed by atoms with Gasteiger partial charge in [0.1, 0.15) is 5.76 Å². The molecule has 3 aromatic rings. The summed E-state index contributed by atoms with van der Waals surface area (Å²) in [4.78, 5) is 22.1. The van der Waals surface area contributed by atoms with E-state index in [2.05, 4.69) is 45.4 Å².